The number of nitrogens with zero attached hydrogens (tertiary/aromatic N) is 1. The van der Waals surface area contributed by atoms with Gasteiger partial charge in [0.15, 0.2) is 0 Å². The maximum Gasteiger partial charge on any atom is 0.210 e. The van der Waals surface area contributed by atoms with Crippen molar-refractivity contribution in [2.24, 2.45) is 10.8 Å². The summed E-state index contributed by atoms with van der Waals surface area (Å²) in [6, 6.07) is 8.18. The van der Waals surface area contributed by atoms with Crippen LogP contribution in [0.4, 0.5) is 5.69 Å². The number of rotatable bonds is 5. The van der Waals surface area contributed by atoms with Crippen molar-refractivity contribution in [3.05, 3.63) is 29.8 Å². The fraction of sp³-hybridized carbons (Fsp3) is 0.533. The van der Waals surface area contributed by atoms with Crippen LogP contribution in [0.5, 0.6) is 0 Å². The van der Waals surface area contributed by atoms with E-state index in [1.165, 1.54) is 5.56 Å². The number of hydrogen-bond acceptors (Lipinski definition) is 3. The van der Waals surface area contributed by atoms with E-state index < -0.39 is 0 Å². The second-order valence-electron chi connectivity index (χ2n) is 5.64. The minimum absolute atomic E-state index is 0.0549. The van der Waals surface area contributed by atoms with Gasteiger partial charge in [0.25, 0.3) is 0 Å². The predicted molar refractivity (Wildman–Crippen MR) is 84.9 cm³/mol. The van der Waals surface area contributed by atoms with E-state index >= 15 is 0 Å². The van der Waals surface area contributed by atoms with Crippen LogP contribution in [0.3, 0.4) is 0 Å². The maximum atomic E-state index is 5.52. The molecule has 20 heavy (non-hydrogen) atoms. The summed E-state index contributed by atoms with van der Waals surface area (Å²) in [5.74, 6) is 6.09. The fourth-order valence-electron chi connectivity index (χ4n) is 1.89. The Morgan fingerprint density at radius 2 is 2.00 bits per heavy atom. The molecule has 0 radical (unpaired) electrons. The summed E-state index contributed by atoms with van der Waals surface area (Å²) in [6.45, 7) is 7.90. The Morgan fingerprint density at radius 1 is 1.30 bits per heavy atom. The number of ether oxygens (including phenoxy) is 1. The van der Waals surface area contributed by atoms with Gasteiger partial charge in [-0.2, -0.15) is 0 Å². The van der Waals surface area contributed by atoms with Crippen molar-refractivity contribution in [1.82, 2.24) is 5.43 Å². The molecule has 5 heteroatoms. The first-order valence-electron chi connectivity index (χ1n) is 6.85. The van der Waals surface area contributed by atoms with Crippen LogP contribution in [0, 0.1) is 0 Å². The second-order valence-corrected chi connectivity index (χ2v) is 5.64. The Bertz CT molecular complexity index is 438. The van der Waals surface area contributed by atoms with Gasteiger partial charge in [0, 0.05) is 25.9 Å². The van der Waals surface area contributed by atoms with Crippen LogP contribution in [0.2, 0.25) is 0 Å². The van der Waals surface area contributed by atoms with Crippen molar-refractivity contribution in [1.29, 1.82) is 0 Å². The Balaban J connectivity index is 2.80. The number of benzene rings is 1. The third kappa shape index (κ3) is 5.19. The molecule has 1 rings (SSSR count). The minimum atomic E-state index is 0.0549. The van der Waals surface area contributed by atoms with Crippen LogP contribution >= 0.6 is 0 Å². The first-order chi connectivity index (χ1) is 9.49. The quantitative estimate of drug-likeness (QED) is 0.254. The van der Waals surface area contributed by atoms with Crippen molar-refractivity contribution in [3.8, 4) is 0 Å². The summed E-state index contributed by atoms with van der Waals surface area (Å²) >= 11 is 0. The normalized spacial score (nSPS) is 12.3. The summed E-state index contributed by atoms with van der Waals surface area (Å²) in [5.41, 5.74) is 4.90. The highest BCUT2D eigenvalue weighted by Crippen LogP contribution is 2.29. The number of guanidine groups is 1. The Labute approximate surface area is 121 Å². The van der Waals surface area contributed by atoms with E-state index in [9.17, 15) is 0 Å². The molecule has 4 N–H and O–H groups in total. The van der Waals surface area contributed by atoms with E-state index in [0.717, 1.165) is 12.1 Å². The summed E-state index contributed by atoms with van der Waals surface area (Å²) in [7, 11) is 1.68. The van der Waals surface area contributed by atoms with Crippen LogP contribution < -0.4 is 16.6 Å². The van der Waals surface area contributed by atoms with Gasteiger partial charge in [-0.25, -0.2) is 5.84 Å². The zero-order valence-corrected chi connectivity index (χ0v) is 12.9. The van der Waals surface area contributed by atoms with Crippen LogP contribution in [0.1, 0.15) is 32.8 Å². The van der Waals surface area contributed by atoms with E-state index in [0.29, 0.717) is 19.1 Å². The lowest BCUT2D eigenvalue weighted by Gasteiger charge is -2.23. The zero-order valence-electron chi connectivity index (χ0n) is 12.9. The Morgan fingerprint density at radius 3 is 2.60 bits per heavy atom. The molecule has 0 aliphatic rings. The largest absolute Gasteiger partial charge is 0.385 e. The number of methoxy groups -OCH3 is 1. The molecule has 1 aromatic carbocycles. The topological polar surface area (TPSA) is 71.7 Å². The summed E-state index contributed by atoms with van der Waals surface area (Å²) in [5, 5.41) is 3.25. The molecule has 0 aliphatic heterocycles. The number of hydrogen-bond donors (Lipinski definition) is 3. The zero-order chi connectivity index (χ0) is 15.0. The van der Waals surface area contributed by atoms with Crippen LogP contribution in [-0.2, 0) is 10.2 Å². The SMILES string of the molecule is COCCCN=C(NN)Nc1ccccc1C(C)(C)C. The molecule has 0 saturated heterocycles. The van der Waals surface area contributed by atoms with Crippen molar-refractivity contribution < 1.29 is 4.74 Å². The number of para-hydroxylation sites is 1. The highest BCUT2D eigenvalue weighted by Gasteiger charge is 2.17. The van der Waals surface area contributed by atoms with Gasteiger partial charge in [-0.05, 0) is 23.5 Å². The predicted octanol–water partition coefficient (Wildman–Crippen LogP) is 2.25. The number of anilines is 1. The molecule has 112 valence electrons. The van der Waals surface area contributed by atoms with Gasteiger partial charge < -0.3 is 10.1 Å². The number of aliphatic imine (C=N–C) groups is 1. The molecule has 0 fully saturated rings. The van der Waals surface area contributed by atoms with E-state index in [-0.39, 0.29) is 5.41 Å². The lowest BCUT2D eigenvalue weighted by molar-refractivity contribution is 0.197. The second kappa shape index (κ2) is 7.87. The van der Waals surface area contributed by atoms with E-state index in [4.69, 9.17) is 10.6 Å². The molecule has 0 amide bonds. The lowest BCUT2D eigenvalue weighted by atomic mass is 9.86. The molecule has 0 spiro atoms. The third-order valence-electron chi connectivity index (χ3n) is 2.90. The van der Waals surface area contributed by atoms with E-state index in [1.54, 1.807) is 7.11 Å². The molecule has 1 aromatic rings. The van der Waals surface area contributed by atoms with Crippen molar-refractivity contribution in [2.45, 2.75) is 32.6 Å². The summed E-state index contributed by atoms with van der Waals surface area (Å²) < 4.78 is 5.00. The Kier molecular flexibility index (Phi) is 6.48. The highest BCUT2D eigenvalue weighted by molar-refractivity contribution is 5.94. The van der Waals surface area contributed by atoms with Gasteiger partial charge in [-0.15, -0.1) is 0 Å². The van der Waals surface area contributed by atoms with Gasteiger partial charge in [-0.1, -0.05) is 39.0 Å². The number of nitrogens with one attached hydrogen (secondary N) is 2. The molecule has 0 heterocycles. The van der Waals surface area contributed by atoms with Crippen molar-refractivity contribution >= 4 is 11.6 Å². The summed E-state index contributed by atoms with van der Waals surface area (Å²) in [4.78, 5) is 4.39. The monoisotopic (exact) mass is 278 g/mol. The first kappa shape index (κ1) is 16.5. The molecular formula is C15H26N4O. The lowest BCUT2D eigenvalue weighted by Crippen LogP contribution is -2.37. The van der Waals surface area contributed by atoms with Gasteiger partial charge >= 0.3 is 0 Å². The van der Waals surface area contributed by atoms with Crippen LogP contribution in [0.15, 0.2) is 29.3 Å². The standard InChI is InChI=1S/C15H26N4O/c1-15(2,3)12-8-5-6-9-13(12)18-14(19-16)17-10-7-11-20-4/h5-6,8-9H,7,10-11,16H2,1-4H3,(H2,17,18,19). The van der Waals surface area contributed by atoms with Gasteiger partial charge in [0.05, 0.1) is 0 Å². The van der Waals surface area contributed by atoms with Crippen molar-refractivity contribution in [2.75, 3.05) is 25.6 Å². The van der Waals surface area contributed by atoms with Crippen LogP contribution in [-0.4, -0.2) is 26.2 Å². The van der Waals surface area contributed by atoms with Gasteiger partial charge in [0.1, 0.15) is 0 Å². The average molecular weight is 278 g/mol. The summed E-state index contributed by atoms with van der Waals surface area (Å²) in [6.07, 6.45) is 0.865. The molecule has 0 aromatic heterocycles. The molecule has 0 saturated carbocycles. The number of hydrazine groups is 1. The maximum absolute atomic E-state index is 5.52. The smallest absolute Gasteiger partial charge is 0.210 e. The Hall–Kier alpha value is -1.59. The molecule has 0 atom stereocenters. The van der Waals surface area contributed by atoms with E-state index in [1.807, 2.05) is 18.2 Å². The van der Waals surface area contributed by atoms with E-state index in [2.05, 4.69) is 42.6 Å². The number of nitrogens with two attached hydrogens (primary N) is 1. The highest BCUT2D eigenvalue weighted by atomic mass is 16.5. The molecule has 0 unspecified atom stereocenters. The third-order valence-corrected chi connectivity index (χ3v) is 2.90. The van der Waals surface area contributed by atoms with Gasteiger partial charge in [-0.3, -0.25) is 10.4 Å². The van der Waals surface area contributed by atoms with Gasteiger partial charge in [0.2, 0.25) is 5.96 Å². The average Bonchev–Trinajstić information content (AvgIpc) is 2.41. The first-order valence-corrected chi connectivity index (χ1v) is 6.85. The molecule has 0 bridgehead atoms. The molecule has 5 nitrogen and oxygen atoms in total. The fourth-order valence-corrected chi connectivity index (χ4v) is 1.89. The van der Waals surface area contributed by atoms with Crippen LogP contribution in [0.25, 0.3) is 0 Å². The molecular weight excluding hydrogens is 252 g/mol. The van der Waals surface area contributed by atoms with Crippen molar-refractivity contribution in [3.63, 3.8) is 0 Å². The minimum Gasteiger partial charge on any atom is -0.385 e. The molecule has 0 aliphatic carbocycles.